The molecule has 1 heterocycles. The molecule has 90 valence electrons. The highest BCUT2D eigenvalue weighted by Crippen LogP contribution is 2.10. The molecule has 0 spiro atoms. The number of hydrogen-bond acceptors (Lipinski definition) is 4. The first-order valence-electron chi connectivity index (χ1n) is 5.56. The molecule has 0 aliphatic heterocycles. The maximum atomic E-state index is 9.59. The van der Waals surface area contributed by atoms with E-state index in [4.69, 9.17) is 4.74 Å². The number of thioether (sulfide) groups is 1. The minimum atomic E-state index is -0.375. The van der Waals surface area contributed by atoms with Gasteiger partial charge in [0.25, 0.3) is 0 Å². The van der Waals surface area contributed by atoms with E-state index in [1.165, 1.54) is 0 Å². The Morgan fingerprint density at radius 3 is 3.06 bits per heavy atom. The van der Waals surface area contributed by atoms with Crippen molar-refractivity contribution >= 4 is 11.8 Å². The molecule has 0 radical (unpaired) electrons. The standard InChI is InChI=1S/C12H19NO2S/c1-2-7-15-8-12(14)10-16-9-11-5-3-4-6-13-11/h3-6,12,14H,2,7-10H2,1H3. The van der Waals surface area contributed by atoms with Crippen LogP contribution in [0.5, 0.6) is 0 Å². The summed E-state index contributed by atoms with van der Waals surface area (Å²) in [6.45, 7) is 3.22. The van der Waals surface area contributed by atoms with Gasteiger partial charge in [-0.05, 0) is 18.6 Å². The third kappa shape index (κ3) is 6.10. The first kappa shape index (κ1) is 13.5. The zero-order chi connectivity index (χ0) is 11.6. The average Bonchev–Trinajstić information content (AvgIpc) is 2.31. The Kier molecular flexibility index (Phi) is 7.21. The quantitative estimate of drug-likeness (QED) is 0.708. The van der Waals surface area contributed by atoms with Crippen molar-refractivity contribution in [1.29, 1.82) is 0 Å². The number of nitrogens with zero attached hydrogens (tertiary/aromatic N) is 1. The molecule has 0 saturated carbocycles. The van der Waals surface area contributed by atoms with Crippen molar-refractivity contribution in [2.24, 2.45) is 0 Å². The molecule has 1 N–H and O–H groups in total. The van der Waals surface area contributed by atoms with Gasteiger partial charge in [-0.25, -0.2) is 0 Å². The second-order valence-electron chi connectivity index (χ2n) is 3.56. The molecule has 0 fully saturated rings. The van der Waals surface area contributed by atoms with Crippen LogP contribution in [-0.2, 0) is 10.5 Å². The highest BCUT2D eigenvalue weighted by Gasteiger charge is 2.04. The maximum absolute atomic E-state index is 9.59. The Morgan fingerprint density at radius 2 is 2.38 bits per heavy atom. The Bertz CT molecular complexity index is 269. The van der Waals surface area contributed by atoms with Gasteiger partial charge < -0.3 is 9.84 Å². The second-order valence-corrected chi connectivity index (χ2v) is 4.60. The zero-order valence-corrected chi connectivity index (χ0v) is 10.4. The molecule has 0 aliphatic rings. The predicted octanol–water partition coefficient (Wildman–Crippen LogP) is 2.10. The summed E-state index contributed by atoms with van der Waals surface area (Å²) in [6, 6.07) is 5.87. The van der Waals surface area contributed by atoms with Crippen LogP contribution in [0.1, 0.15) is 19.0 Å². The van der Waals surface area contributed by atoms with Crippen molar-refractivity contribution in [1.82, 2.24) is 4.98 Å². The van der Waals surface area contributed by atoms with Crippen LogP contribution in [0.3, 0.4) is 0 Å². The lowest BCUT2D eigenvalue weighted by Gasteiger charge is -2.10. The van der Waals surface area contributed by atoms with E-state index in [0.717, 1.165) is 24.5 Å². The molecular weight excluding hydrogens is 222 g/mol. The van der Waals surface area contributed by atoms with Crippen LogP contribution in [0.2, 0.25) is 0 Å². The highest BCUT2D eigenvalue weighted by molar-refractivity contribution is 7.98. The number of aliphatic hydroxyl groups is 1. The summed E-state index contributed by atoms with van der Waals surface area (Å²) in [4.78, 5) is 4.22. The molecule has 1 unspecified atom stereocenters. The van der Waals surface area contributed by atoms with E-state index >= 15 is 0 Å². The van der Waals surface area contributed by atoms with E-state index in [0.29, 0.717) is 12.4 Å². The summed E-state index contributed by atoms with van der Waals surface area (Å²) in [5.74, 6) is 1.53. The largest absolute Gasteiger partial charge is 0.390 e. The molecule has 3 nitrogen and oxygen atoms in total. The van der Waals surface area contributed by atoms with Gasteiger partial charge in [-0.2, -0.15) is 11.8 Å². The predicted molar refractivity (Wildman–Crippen MR) is 67.5 cm³/mol. The number of aromatic nitrogens is 1. The van der Waals surface area contributed by atoms with Crippen LogP contribution in [0, 0.1) is 0 Å². The Balaban J connectivity index is 2.06. The van der Waals surface area contributed by atoms with Crippen LogP contribution in [0.25, 0.3) is 0 Å². The van der Waals surface area contributed by atoms with E-state index in [1.54, 1.807) is 18.0 Å². The summed E-state index contributed by atoms with van der Waals surface area (Å²) >= 11 is 1.68. The van der Waals surface area contributed by atoms with Crippen LogP contribution >= 0.6 is 11.8 Å². The van der Waals surface area contributed by atoms with E-state index < -0.39 is 0 Å². The van der Waals surface area contributed by atoms with E-state index in [2.05, 4.69) is 11.9 Å². The number of hydrogen-bond donors (Lipinski definition) is 1. The van der Waals surface area contributed by atoms with Gasteiger partial charge in [-0.1, -0.05) is 13.0 Å². The van der Waals surface area contributed by atoms with Crippen molar-refractivity contribution in [2.45, 2.75) is 25.2 Å². The van der Waals surface area contributed by atoms with Gasteiger partial charge >= 0.3 is 0 Å². The van der Waals surface area contributed by atoms with E-state index in [9.17, 15) is 5.11 Å². The van der Waals surface area contributed by atoms with E-state index in [1.807, 2.05) is 18.2 Å². The lowest BCUT2D eigenvalue weighted by Crippen LogP contribution is -2.18. The molecule has 0 aromatic carbocycles. The minimum absolute atomic E-state index is 0.375. The molecular formula is C12H19NO2S. The SMILES string of the molecule is CCCOCC(O)CSCc1ccccn1. The van der Waals surface area contributed by atoms with Crippen molar-refractivity contribution in [3.05, 3.63) is 30.1 Å². The number of rotatable bonds is 8. The fourth-order valence-electron chi connectivity index (χ4n) is 1.19. The summed E-state index contributed by atoms with van der Waals surface area (Å²) in [5, 5.41) is 9.59. The third-order valence-electron chi connectivity index (χ3n) is 1.95. The molecule has 16 heavy (non-hydrogen) atoms. The van der Waals surface area contributed by atoms with Gasteiger partial charge in [0.05, 0.1) is 18.4 Å². The molecule has 1 aromatic rings. The maximum Gasteiger partial charge on any atom is 0.0863 e. The average molecular weight is 241 g/mol. The molecule has 0 amide bonds. The smallest absolute Gasteiger partial charge is 0.0863 e. The minimum Gasteiger partial charge on any atom is -0.390 e. The van der Waals surface area contributed by atoms with Gasteiger partial charge in [0, 0.05) is 24.3 Å². The van der Waals surface area contributed by atoms with Crippen molar-refractivity contribution in [3.8, 4) is 0 Å². The monoisotopic (exact) mass is 241 g/mol. The molecule has 1 atom stereocenters. The van der Waals surface area contributed by atoms with Gasteiger partial charge in [0.1, 0.15) is 0 Å². The van der Waals surface area contributed by atoms with Crippen molar-refractivity contribution < 1.29 is 9.84 Å². The number of pyridine rings is 1. The van der Waals surface area contributed by atoms with Gasteiger partial charge in [-0.15, -0.1) is 0 Å². The van der Waals surface area contributed by atoms with Crippen LogP contribution in [0.15, 0.2) is 24.4 Å². The fourth-order valence-corrected chi connectivity index (χ4v) is 2.06. The molecule has 0 aliphatic carbocycles. The second kappa shape index (κ2) is 8.56. The van der Waals surface area contributed by atoms with Crippen LogP contribution in [0.4, 0.5) is 0 Å². The van der Waals surface area contributed by atoms with Gasteiger partial charge in [0.2, 0.25) is 0 Å². The Hall–Kier alpha value is -0.580. The molecule has 1 aromatic heterocycles. The number of ether oxygens (including phenoxy) is 1. The van der Waals surface area contributed by atoms with Gasteiger partial charge in [0.15, 0.2) is 0 Å². The summed E-state index contributed by atoms with van der Waals surface area (Å²) in [6.07, 6.45) is 2.41. The first-order chi connectivity index (χ1) is 7.83. The van der Waals surface area contributed by atoms with Crippen LogP contribution < -0.4 is 0 Å². The lowest BCUT2D eigenvalue weighted by atomic mass is 10.4. The topological polar surface area (TPSA) is 42.4 Å². The van der Waals surface area contributed by atoms with Crippen molar-refractivity contribution in [3.63, 3.8) is 0 Å². The summed E-state index contributed by atoms with van der Waals surface area (Å²) in [7, 11) is 0. The molecule has 1 rings (SSSR count). The van der Waals surface area contributed by atoms with Crippen molar-refractivity contribution in [2.75, 3.05) is 19.0 Å². The summed E-state index contributed by atoms with van der Waals surface area (Å²) < 4.78 is 5.27. The fraction of sp³-hybridized carbons (Fsp3) is 0.583. The normalized spacial score (nSPS) is 12.6. The number of aliphatic hydroxyl groups excluding tert-OH is 1. The lowest BCUT2D eigenvalue weighted by molar-refractivity contribution is 0.0489. The molecule has 0 bridgehead atoms. The summed E-state index contributed by atoms with van der Waals surface area (Å²) in [5.41, 5.74) is 1.05. The third-order valence-corrected chi connectivity index (χ3v) is 3.07. The van der Waals surface area contributed by atoms with Crippen LogP contribution in [-0.4, -0.2) is 35.2 Å². The van der Waals surface area contributed by atoms with Gasteiger partial charge in [-0.3, -0.25) is 4.98 Å². The Morgan fingerprint density at radius 1 is 1.50 bits per heavy atom. The molecule has 4 heteroatoms. The highest BCUT2D eigenvalue weighted by atomic mass is 32.2. The first-order valence-corrected chi connectivity index (χ1v) is 6.72. The zero-order valence-electron chi connectivity index (χ0n) is 9.63. The molecule has 0 saturated heterocycles. The Labute approximate surface area is 101 Å². The van der Waals surface area contributed by atoms with E-state index in [-0.39, 0.29) is 6.10 Å².